The van der Waals surface area contributed by atoms with E-state index < -0.39 is 0 Å². The van der Waals surface area contributed by atoms with Gasteiger partial charge >= 0.3 is 0 Å². The molecule has 1 aromatic heterocycles. The number of rotatable bonds is 6. The number of aryl methyl sites for hydroxylation is 2. The Hall–Kier alpha value is -1.68. The zero-order valence-electron chi connectivity index (χ0n) is 12.6. The molecule has 21 heavy (non-hydrogen) atoms. The molecular formula is C17H23N3O. The lowest BCUT2D eigenvalue weighted by Gasteiger charge is -2.24. The van der Waals surface area contributed by atoms with Crippen molar-refractivity contribution in [3.63, 3.8) is 0 Å². The molecule has 2 heterocycles. The third-order valence-corrected chi connectivity index (χ3v) is 4.28. The van der Waals surface area contributed by atoms with Gasteiger partial charge in [-0.05, 0) is 37.8 Å². The Morgan fingerprint density at radius 1 is 1.24 bits per heavy atom. The van der Waals surface area contributed by atoms with Gasteiger partial charge in [-0.25, -0.2) is 0 Å². The highest BCUT2D eigenvalue weighted by atomic mass is 16.5. The minimum Gasteiger partial charge on any atom is -0.337 e. The molecule has 0 bridgehead atoms. The Labute approximate surface area is 126 Å². The van der Waals surface area contributed by atoms with Crippen LogP contribution in [-0.4, -0.2) is 16.7 Å². The van der Waals surface area contributed by atoms with Crippen molar-refractivity contribution in [1.29, 1.82) is 0 Å². The lowest BCUT2D eigenvalue weighted by atomic mass is 9.92. The molecule has 1 unspecified atom stereocenters. The average molecular weight is 285 g/mol. The molecule has 1 N–H and O–H groups in total. The van der Waals surface area contributed by atoms with E-state index in [4.69, 9.17) is 4.52 Å². The number of nitrogens with zero attached hydrogens (tertiary/aromatic N) is 2. The van der Waals surface area contributed by atoms with E-state index in [-0.39, 0.29) is 5.54 Å². The lowest BCUT2D eigenvalue weighted by molar-refractivity contribution is 0.240. The predicted molar refractivity (Wildman–Crippen MR) is 82.0 cm³/mol. The van der Waals surface area contributed by atoms with Crippen LogP contribution in [0.2, 0.25) is 0 Å². The molecule has 0 spiro atoms. The van der Waals surface area contributed by atoms with Crippen LogP contribution < -0.4 is 5.32 Å². The van der Waals surface area contributed by atoms with E-state index in [2.05, 4.69) is 46.6 Å². The molecule has 2 aromatic rings. The van der Waals surface area contributed by atoms with Gasteiger partial charge in [-0.3, -0.25) is 0 Å². The summed E-state index contributed by atoms with van der Waals surface area (Å²) in [5.41, 5.74) is 1.23. The zero-order chi connectivity index (χ0) is 14.5. The molecule has 0 aliphatic carbocycles. The first-order valence-electron chi connectivity index (χ1n) is 7.94. The molecule has 1 saturated heterocycles. The third-order valence-electron chi connectivity index (χ3n) is 4.28. The fraction of sp³-hybridized carbons (Fsp3) is 0.529. The molecule has 1 atom stereocenters. The van der Waals surface area contributed by atoms with E-state index in [1.165, 1.54) is 12.0 Å². The van der Waals surface area contributed by atoms with Crippen LogP contribution in [0.25, 0.3) is 0 Å². The Morgan fingerprint density at radius 3 is 2.81 bits per heavy atom. The van der Waals surface area contributed by atoms with Crippen LogP contribution in [0, 0.1) is 0 Å². The second kappa shape index (κ2) is 6.39. The Morgan fingerprint density at radius 2 is 2.10 bits per heavy atom. The molecule has 0 saturated carbocycles. The summed E-state index contributed by atoms with van der Waals surface area (Å²) in [7, 11) is 0. The Bertz CT molecular complexity index is 558. The van der Waals surface area contributed by atoms with Crippen LogP contribution in [0.3, 0.4) is 0 Å². The normalized spacial score (nSPS) is 21.8. The zero-order valence-corrected chi connectivity index (χ0v) is 12.6. The van der Waals surface area contributed by atoms with Crippen molar-refractivity contribution in [2.45, 2.75) is 51.0 Å². The number of benzene rings is 1. The van der Waals surface area contributed by atoms with Crippen molar-refractivity contribution < 1.29 is 4.52 Å². The van der Waals surface area contributed by atoms with E-state index in [1.807, 2.05) is 6.07 Å². The minimum atomic E-state index is -0.0766. The average Bonchev–Trinajstić information content (AvgIpc) is 3.16. The Kier molecular flexibility index (Phi) is 4.34. The largest absolute Gasteiger partial charge is 0.337 e. The summed E-state index contributed by atoms with van der Waals surface area (Å²) in [4.78, 5) is 4.66. The van der Waals surface area contributed by atoms with Crippen molar-refractivity contribution in [3.05, 3.63) is 47.6 Å². The molecule has 0 radical (unpaired) electrons. The van der Waals surface area contributed by atoms with Gasteiger partial charge in [0.05, 0.1) is 5.54 Å². The molecule has 1 fully saturated rings. The van der Waals surface area contributed by atoms with Gasteiger partial charge in [0.2, 0.25) is 5.89 Å². The Balaban J connectivity index is 1.68. The maximum Gasteiger partial charge on any atom is 0.246 e. The van der Waals surface area contributed by atoms with E-state index in [1.54, 1.807) is 0 Å². The summed E-state index contributed by atoms with van der Waals surface area (Å²) in [5, 5.41) is 7.76. The highest BCUT2D eigenvalue weighted by molar-refractivity contribution is 5.15. The van der Waals surface area contributed by atoms with E-state index in [0.29, 0.717) is 0 Å². The number of nitrogens with one attached hydrogen (secondary N) is 1. The van der Waals surface area contributed by atoms with Crippen LogP contribution in [0.4, 0.5) is 0 Å². The van der Waals surface area contributed by atoms with Gasteiger partial charge in [0, 0.05) is 6.42 Å². The standard InChI is InChI=1S/C17H23N3O/c1-2-11-17(12-6-13-18-17)16-19-15(20-21-16)10-9-14-7-4-3-5-8-14/h3-5,7-8,18H,2,6,9-13H2,1H3. The number of hydrogen-bond acceptors (Lipinski definition) is 4. The fourth-order valence-corrected chi connectivity index (χ4v) is 3.19. The summed E-state index contributed by atoms with van der Waals surface area (Å²) >= 11 is 0. The maximum atomic E-state index is 5.57. The van der Waals surface area contributed by atoms with Gasteiger partial charge < -0.3 is 9.84 Å². The smallest absolute Gasteiger partial charge is 0.246 e. The second-order valence-electron chi connectivity index (χ2n) is 5.86. The first kappa shape index (κ1) is 14.3. The highest BCUT2D eigenvalue weighted by Gasteiger charge is 2.39. The summed E-state index contributed by atoms with van der Waals surface area (Å²) < 4.78 is 5.57. The van der Waals surface area contributed by atoms with Crippen LogP contribution in [-0.2, 0) is 18.4 Å². The predicted octanol–water partition coefficient (Wildman–Crippen LogP) is 3.23. The van der Waals surface area contributed by atoms with Crippen molar-refractivity contribution in [1.82, 2.24) is 15.5 Å². The quantitative estimate of drug-likeness (QED) is 0.885. The first-order valence-corrected chi connectivity index (χ1v) is 7.94. The number of hydrogen-bond donors (Lipinski definition) is 1. The molecule has 1 aliphatic rings. The summed E-state index contributed by atoms with van der Waals surface area (Å²) in [6, 6.07) is 10.4. The number of aromatic nitrogens is 2. The van der Waals surface area contributed by atoms with Gasteiger partial charge in [-0.15, -0.1) is 0 Å². The van der Waals surface area contributed by atoms with Gasteiger partial charge in [-0.1, -0.05) is 48.8 Å². The maximum absolute atomic E-state index is 5.57. The van der Waals surface area contributed by atoms with Gasteiger partial charge in [-0.2, -0.15) is 4.98 Å². The monoisotopic (exact) mass is 285 g/mol. The van der Waals surface area contributed by atoms with E-state index >= 15 is 0 Å². The van der Waals surface area contributed by atoms with E-state index in [9.17, 15) is 0 Å². The molecule has 1 aliphatic heterocycles. The molecule has 4 heteroatoms. The highest BCUT2D eigenvalue weighted by Crippen LogP contribution is 2.34. The van der Waals surface area contributed by atoms with Gasteiger partial charge in [0.15, 0.2) is 5.82 Å². The van der Waals surface area contributed by atoms with Crippen LogP contribution in [0.5, 0.6) is 0 Å². The molecule has 112 valence electrons. The molecule has 3 rings (SSSR count). The fourth-order valence-electron chi connectivity index (χ4n) is 3.19. The van der Waals surface area contributed by atoms with Crippen LogP contribution >= 0.6 is 0 Å². The lowest BCUT2D eigenvalue weighted by Crippen LogP contribution is -2.37. The molecule has 0 amide bonds. The topological polar surface area (TPSA) is 51.0 Å². The molecule has 1 aromatic carbocycles. The third kappa shape index (κ3) is 3.16. The first-order chi connectivity index (χ1) is 10.3. The van der Waals surface area contributed by atoms with E-state index in [0.717, 1.165) is 50.4 Å². The van der Waals surface area contributed by atoms with Crippen molar-refractivity contribution in [3.8, 4) is 0 Å². The summed E-state index contributed by atoms with van der Waals surface area (Å²) in [5.74, 6) is 1.60. The van der Waals surface area contributed by atoms with Crippen LogP contribution in [0.1, 0.15) is 49.9 Å². The van der Waals surface area contributed by atoms with Gasteiger partial charge in [0.25, 0.3) is 0 Å². The molecular weight excluding hydrogens is 262 g/mol. The second-order valence-corrected chi connectivity index (χ2v) is 5.86. The SMILES string of the molecule is CCCC1(c2nc(CCc3ccccc3)no2)CCCN1. The summed E-state index contributed by atoms with van der Waals surface area (Å²) in [6.07, 6.45) is 6.24. The van der Waals surface area contributed by atoms with Crippen molar-refractivity contribution in [2.24, 2.45) is 0 Å². The van der Waals surface area contributed by atoms with Crippen molar-refractivity contribution in [2.75, 3.05) is 6.54 Å². The van der Waals surface area contributed by atoms with Crippen molar-refractivity contribution >= 4 is 0 Å². The summed E-state index contributed by atoms with van der Waals surface area (Å²) in [6.45, 7) is 3.25. The van der Waals surface area contributed by atoms with Gasteiger partial charge in [0.1, 0.15) is 0 Å². The minimum absolute atomic E-state index is 0.0766. The van der Waals surface area contributed by atoms with Crippen LogP contribution in [0.15, 0.2) is 34.9 Å². The molecule has 4 nitrogen and oxygen atoms in total.